The molecule has 1 aromatic rings. The molecule has 76 valence electrons. The summed E-state index contributed by atoms with van der Waals surface area (Å²) in [6, 6.07) is 9.54. The van der Waals surface area contributed by atoms with Gasteiger partial charge in [0.25, 0.3) is 0 Å². The lowest BCUT2D eigenvalue weighted by Gasteiger charge is -2.01. The van der Waals surface area contributed by atoms with Crippen LogP contribution in [0.4, 0.5) is 0 Å². The average molecular weight is 202 g/mol. The third kappa shape index (κ3) is 4.50. The fourth-order valence-electron chi connectivity index (χ4n) is 0.975. The molecule has 0 spiro atoms. The SMILES string of the molecule is [N-]=[N+]=N/C=C/C(=O)NCc1ccccc1. The molecule has 0 aliphatic rings. The van der Waals surface area contributed by atoms with Gasteiger partial charge >= 0.3 is 0 Å². The van der Waals surface area contributed by atoms with Gasteiger partial charge in [0.2, 0.25) is 5.91 Å². The first-order chi connectivity index (χ1) is 7.33. The summed E-state index contributed by atoms with van der Waals surface area (Å²) in [5.74, 6) is -0.286. The number of carbonyl (C=O) groups is 1. The number of amides is 1. The Balaban J connectivity index is 2.38. The van der Waals surface area contributed by atoms with Gasteiger partial charge in [0.15, 0.2) is 0 Å². The lowest BCUT2D eigenvalue weighted by atomic mass is 10.2. The fourth-order valence-corrected chi connectivity index (χ4v) is 0.975. The average Bonchev–Trinajstić information content (AvgIpc) is 2.28. The molecule has 0 atom stereocenters. The molecule has 0 unspecified atom stereocenters. The van der Waals surface area contributed by atoms with Crippen molar-refractivity contribution in [2.24, 2.45) is 5.11 Å². The van der Waals surface area contributed by atoms with E-state index in [4.69, 9.17) is 5.53 Å². The van der Waals surface area contributed by atoms with Crippen LogP contribution in [0.3, 0.4) is 0 Å². The van der Waals surface area contributed by atoms with Gasteiger partial charge in [0, 0.05) is 23.7 Å². The summed E-state index contributed by atoms with van der Waals surface area (Å²) < 4.78 is 0. The molecule has 0 saturated carbocycles. The van der Waals surface area contributed by atoms with Gasteiger partial charge in [-0.2, -0.15) is 0 Å². The van der Waals surface area contributed by atoms with Gasteiger partial charge < -0.3 is 5.32 Å². The minimum absolute atomic E-state index is 0.286. The van der Waals surface area contributed by atoms with Gasteiger partial charge in [-0.3, -0.25) is 4.79 Å². The standard InChI is InChI=1S/C10H10N4O/c11-14-13-7-6-10(15)12-8-9-4-2-1-3-5-9/h1-7H,8H2,(H,12,15)/b7-6+. The van der Waals surface area contributed by atoms with Crippen molar-refractivity contribution < 1.29 is 4.79 Å². The molecule has 15 heavy (non-hydrogen) atoms. The van der Waals surface area contributed by atoms with Crippen LogP contribution in [-0.4, -0.2) is 5.91 Å². The summed E-state index contributed by atoms with van der Waals surface area (Å²) in [6.07, 6.45) is 2.29. The first-order valence-corrected chi connectivity index (χ1v) is 4.35. The van der Waals surface area contributed by atoms with Crippen LogP contribution in [0, 0.1) is 0 Å². The van der Waals surface area contributed by atoms with Crippen LogP contribution in [0.15, 0.2) is 47.7 Å². The zero-order valence-electron chi connectivity index (χ0n) is 8.00. The molecule has 1 amide bonds. The highest BCUT2D eigenvalue weighted by atomic mass is 16.1. The predicted octanol–water partition coefficient (Wildman–Crippen LogP) is 2.13. The Morgan fingerprint density at radius 1 is 1.47 bits per heavy atom. The molecule has 0 fully saturated rings. The number of rotatable bonds is 4. The highest BCUT2D eigenvalue weighted by Gasteiger charge is 1.94. The van der Waals surface area contributed by atoms with E-state index in [1.807, 2.05) is 30.3 Å². The molecule has 5 nitrogen and oxygen atoms in total. The largest absolute Gasteiger partial charge is 0.348 e. The van der Waals surface area contributed by atoms with Gasteiger partial charge in [-0.1, -0.05) is 35.4 Å². The lowest BCUT2D eigenvalue weighted by Crippen LogP contribution is -2.20. The van der Waals surface area contributed by atoms with Crippen LogP contribution >= 0.6 is 0 Å². The molecule has 0 saturated heterocycles. The zero-order valence-corrected chi connectivity index (χ0v) is 8.00. The van der Waals surface area contributed by atoms with E-state index in [9.17, 15) is 4.79 Å². The Morgan fingerprint density at radius 3 is 2.87 bits per heavy atom. The zero-order chi connectivity index (χ0) is 10.9. The van der Waals surface area contributed by atoms with Crippen molar-refractivity contribution >= 4 is 5.91 Å². The lowest BCUT2D eigenvalue weighted by molar-refractivity contribution is -0.116. The van der Waals surface area contributed by atoms with Crippen LogP contribution in [0.5, 0.6) is 0 Å². The molecule has 0 aliphatic carbocycles. The molecule has 0 bridgehead atoms. The maximum absolute atomic E-state index is 11.1. The highest BCUT2D eigenvalue weighted by Crippen LogP contribution is 1.96. The quantitative estimate of drug-likeness (QED) is 0.345. The molecule has 5 heteroatoms. The predicted molar refractivity (Wildman–Crippen MR) is 56.6 cm³/mol. The van der Waals surface area contributed by atoms with Crippen LogP contribution in [0.2, 0.25) is 0 Å². The van der Waals surface area contributed by atoms with Crippen LogP contribution in [0.1, 0.15) is 5.56 Å². The first-order valence-electron chi connectivity index (χ1n) is 4.35. The molecule has 0 aliphatic heterocycles. The summed E-state index contributed by atoms with van der Waals surface area (Å²) in [6.45, 7) is 0.459. The van der Waals surface area contributed by atoms with Crippen molar-refractivity contribution in [1.82, 2.24) is 5.32 Å². The van der Waals surface area contributed by atoms with Gasteiger partial charge in [-0.05, 0) is 11.1 Å². The summed E-state index contributed by atoms with van der Waals surface area (Å²) in [4.78, 5) is 13.6. The monoisotopic (exact) mass is 202 g/mol. The second-order valence-electron chi connectivity index (χ2n) is 2.72. The Morgan fingerprint density at radius 2 is 2.20 bits per heavy atom. The Kier molecular flexibility index (Phi) is 4.50. The van der Waals surface area contributed by atoms with Crippen LogP contribution in [-0.2, 0) is 11.3 Å². The van der Waals surface area contributed by atoms with E-state index in [0.717, 1.165) is 11.8 Å². The molecule has 1 aromatic carbocycles. The minimum atomic E-state index is -0.286. The van der Waals surface area contributed by atoms with E-state index in [2.05, 4.69) is 15.3 Å². The number of hydrogen-bond donors (Lipinski definition) is 1. The topological polar surface area (TPSA) is 77.9 Å². The Hall–Kier alpha value is -2.26. The number of carbonyl (C=O) groups excluding carboxylic acids is 1. The van der Waals surface area contributed by atoms with Gasteiger partial charge in [-0.25, -0.2) is 0 Å². The molecular formula is C10H10N4O. The van der Waals surface area contributed by atoms with Crippen molar-refractivity contribution in [1.29, 1.82) is 0 Å². The van der Waals surface area contributed by atoms with E-state index < -0.39 is 0 Å². The summed E-state index contributed by atoms with van der Waals surface area (Å²) in [5, 5.41) is 5.75. The van der Waals surface area contributed by atoms with Crippen molar-refractivity contribution in [3.05, 3.63) is 58.6 Å². The Labute approximate surface area is 87.0 Å². The normalized spacial score (nSPS) is 9.60. The number of benzene rings is 1. The van der Waals surface area contributed by atoms with E-state index >= 15 is 0 Å². The molecule has 1 rings (SSSR count). The molecule has 0 aromatic heterocycles. The van der Waals surface area contributed by atoms with Gasteiger partial charge in [-0.15, -0.1) is 0 Å². The maximum Gasteiger partial charge on any atom is 0.244 e. The van der Waals surface area contributed by atoms with Crippen molar-refractivity contribution in [3.8, 4) is 0 Å². The molecular weight excluding hydrogens is 192 g/mol. The van der Waals surface area contributed by atoms with E-state index in [1.165, 1.54) is 6.08 Å². The highest BCUT2D eigenvalue weighted by molar-refractivity contribution is 5.87. The van der Waals surface area contributed by atoms with Gasteiger partial charge in [0.05, 0.1) is 0 Å². The summed E-state index contributed by atoms with van der Waals surface area (Å²) in [5.41, 5.74) is 8.98. The summed E-state index contributed by atoms with van der Waals surface area (Å²) in [7, 11) is 0. The molecule has 0 radical (unpaired) electrons. The van der Waals surface area contributed by atoms with E-state index in [1.54, 1.807) is 0 Å². The first kappa shape index (κ1) is 10.8. The van der Waals surface area contributed by atoms with Gasteiger partial charge in [0.1, 0.15) is 0 Å². The number of hydrogen-bond acceptors (Lipinski definition) is 2. The fraction of sp³-hybridized carbons (Fsp3) is 0.100. The molecule has 0 heterocycles. The number of nitrogens with zero attached hydrogens (tertiary/aromatic N) is 3. The second kappa shape index (κ2) is 6.23. The van der Waals surface area contributed by atoms with Crippen LogP contribution < -0.4 is 5.32 Å². The minimum Gasteiger partial charge on any atom is -0.348 e. The third-order valence-corrected chi connectivity index (χ3v) is 1.65. The number of azide groups is 1. The van der Waals surface area contributed by atoms with Crippen molar-refractivity contribution in [3.63, 3.8) is 0 Å². The van der Waals surface area contributed by atoms with Crippen molar-refractivity contribution in [2.75, 3.05) is 0 Å². The number of nitrogens with one attached hydrogen (secondary N) is 1. The summed E-state index contributed by atoms with van der Waals surface area (Å²) >= 11 is 0. The molecule has 1 N–H and O–H groups in total. The maximum atomic E-state index is 11.1. The third-order valence-electron chi connectivity index (χ3n) is 1.65. The van der Waals surface area contributed by atoms with E-state index in [-0.39, 0.29) is 5.91 Å². The van der Waals surface area contributed by atoms with Crippen molar-refractivity contribution in [2.45, 2.75) is 6.54 Å². The van der Waals surface area contributed by atoms with Crippen LogP contribution in [0.25, 0.3) is 10.4 Å². The smallest absolute Gasteiger partial charge is 0.244 e. The second-order valence-corrected chi connectivity index (χ2v) is 2.72. The Bertz CT molecular complexity index is 393. The van der Waals surface area contributed by atoms with E-state index in [0.29, 0.717) is 6.54 Å².